The van der Waals surface area contributed by atoms with Crippen LogP contribution in [0.4, 0.5) is 0 Å². The topological polar surface area (TPSA) is 56.8 Å². The van der Waals surface area contributed by atoms with Gasteiger partial charge in [0, 0.05) is 12.1 Å². The highest BCUT2D eigenvalue weighted by atomic mass is 16.5. The highest BCUT2D eigenvalue weighted by Crippen LogP contribution is 2.37. The van der Waals surface area contributed by atoms with Gasteiger partial charge in [-0.1, -0.05) is 41.4 Å². The molecule has 2 atom stereocenters. The second kappa shape index (κ2) is 7.37. The number of hydrogen-bond acceptors (Lipinski definition) is 4. The Kier molecular flexibility index (Phi) is 4.77. The lowest BCUT2D eigenvalue weighted by molar-refractivity contribution is -0.575. The zero-order valence-electron chi connectivity index (χ0n) is 15.7. The summed E-state index contributed by atoms with van der Waals surface area (Å²) in [4.78, 5) is 6.58. The van der Waals surface area contributed by atoms with E-state index in [4.69, 9.17) is 10.5 Å². The molecule has 0 amide bonds. The SMILES string of the molecule is CC=CN(C=CC)C1=[n+]2cc(OC3CCC(N)c4ccccc43)ccc2=N1. The van der Waals surface area contributed by atoms with Crippen molar-refractivity contribution < 1.29 is 8.98 Å². The lowest BCUT2D eigenvalue weighted by Gasteiger charge is -2.29. The third-order valence-electron chi connectivity index (χ3n) is 4.94. The normalized spacial score (nSPS) is 20.8. The van der Waals surface area contributed by atoms with Gasteiger partial charge >= 0.3 is 5.96 Å². The number of allylic oxidation sites excluding steroid dienone is 2. The van der Waals surface area contributed by atoms with Crippen LogP contribution in [0.15, 0.2) is 72.1 Å². The van der Waals surface area contributed by atoms with Crippen molar-refractivity contribution in [2.45, 2.75) is 38.8 Å². The first-order valence-corrected chi connectivity index (χ1v) is 9.41. The molecule has 1 aromatic heterocycles. The fraction of sp³-hybridized carbons (Fsp3) is 0.273. The van der Waals surface area contributed by atoms with Crippen LogP contribution in [0.1, 0.15) is 50.0 Å². The van der Waals surface area contributed by atoms with Crippen molar-refractivity contribution in [3.05, 3.63) is 89.7 Å². The molecule has 27 heavy (non-hydrogen) atoms. The summed E-state index contributed by atoms with van der Waals surface area (Å²) in [5.41, 5.74) is 9.58. The van der Waals surface area contributed by atoms with Crippen molar-refractivity contribution in [1.29, 1.82) is 0 Å². The van der Waals surface area contributed by atoms with E-state index in [0.717, 1.165) is 30.0 Å². The molecule has 2 aromatic rings. The van der Waals surface area contributed by atoms with Gasteiger partial charge in [0.05, 0.1) is 12.4 Å². The van der Waals surface area contributed by atoms with Crippen LogP contribution in [0, 0.1) is 5.96 Å². The Hall–Kier alpha value is -2.92. The molecular formula is C22H25N4O+. The van der Waals surface area contributed by atoms with Gasteiger partial charge in [0.1, 0.15) is 18.1 Å². The fourth-order valence-electron chi connectivity index (χ4n) is 3.66. The smallest absolute Gasteiger partial charge is 0.366 e. The average molecular weight is 361 g/mol. The largest absolute Gasteiger partial charge is 0.483 e. The highest BCUT2D eigenvalue weighted by Gasteiger charge is 2.27. The predicted octanol–water partition coefficient (Wildman–Crippen LogP) is 3.19. The molecule has 0 spiro atoms. The minimum absolute atomic E-state index is 0.0299. The van der Waals surface area contributed by atoms with Crippen LogP contribution in [0.5, 0.6) is 5.75 Å². The first kappa shape index (κ1) is 17.5. The van der Waals surface area contributed by atoms with Crippen molar-refractivity contribution in [3.63, 3.8) is 0 Å². The Morgan fingerprint density at radius 2 is 1.81 bits per heavy atom. The predicted molar refractivity (Wildman–Crippen MR) is 104 cm³/mol. The summed E-state index contributed by atoms with van der Waals surface area (Å²) in [6.45, 7) is 3.98. The van der Waals surface area contributed by atoms with E-state index in [1.54, 1.807) is 0 Å². The molecule has 5 heteroatoms. The Morgan fingerprint density at radius 1 is 1.07 bits per heavy atom. The molecule has 5 nitrogen and oxygen atoms in total. The summed E-state index contributed by atoms with van der Waals surface area (Å²) in [5, 5.41) is 0. The van der Waals surface area contributed by atoms with Crippen molar-refractivity contribution in [2.24, 2.45) is 10.7 Å². The Labute approximate surface area is 159 Å². The monoisotopic (exact) mass is 361 g/mol. The summed E-state index contributed by atoms with van der Waals surface area (Å²) >= 11 is 0. The standard InChI is InChI=1S/C22H25N4O/c1-3-13-25(14-4-2)22-24-21-12-9-16(15-26(21)22)27-20-11-10-19(23)17-7-5-6-8-18(17)20/h3-9,12-15,19-20H,10-11,23H2,1-2H3/q+1. The average Bonchev–Trinajstić information content (AvgIpc) is 2.67. The quantitative estimate of drug-likeness (QED) is 0.832. The van der Waals surface area contributed by atoms with Gasteiger partial charge < -0.3 is 10.5 Å². The first-order valence-electron chi connectivity index (χ1n) is 9.41. The maximum absolute atomic E-state index is 6.36. The number of fused-ring (bicyclic) bond motifs is 2. The maximum atomic E-state index is 6.36. The molecule has 2 N–H and O–H groups in total. The molecule has 0 saturated heterocycles. The fourth-order valence-corrected chi connectivity index (χ4v) is 3.66. The van der Waals surface area contributed by atoms with E-state index in [1.807, 2.05) is 67.7 Å². The molecule has 2 heterocycles. The van der Waals surface area contributed by atoms with Gasteiger partial charge in [0.2, 0.25) is 5.49 Å². The van der Waals surface area contributed by atoms with Gasteiger partial charge in [-0.25, -0.2) is 4.90 Å². The molecule has 1 aliphatic carbocycles. The van der Waals surface area contributed by atoms with Gasteiger partial charge in [-0.15, -0.1) is 0 Å². The van der Waals surface area contributed by atoms with E-state index >= 15 is 0 Å². The molecule has 0 radical (unpaired) electrons. The van der Waals surface area contributed by atoms with Crippen LogP contribution >= 0.6 is 0 Å². The van der Waals surface area contributed by atoms with E-state index in [9.17, 15) is 0 Å². The molecule has 138 valence electrons. The Morgan fingerprint density at radius 3 is 2.56 bits per heavy atom. The first-order chi connectivity index (χ1) is 13.2. The van der Waals surface area contributed by atoms with Gasteiger partial charge in [-0.2, -0.15) is 4.24 Å². The molecular weight excluding hydrogens is 336 g/mol. The Balaban J connectivity index is 1.65. The molecule has 4 rings (SSSR count). The number of rotatable bonds is 5. The third kappa shape index (κ3) is 3.26. The Bertz CT molecular complexity index is 1010. The van der Waals surface area contributed by atoms with Crippen molar-refractivity contribution >= 4 is 0 Å². The molecule has 0 bridgehead atoms. The van der Waals surface area contributed by atoms with Crippen LogP contribution in [0.2, 0.25) is 0 Å². The number of ether oxygens (including phenoxy) is 1. The second-order valence-electron chi connectivity index (χ2n) is 6.80. The summed E-state index contributed by atoms with van der Waals surface area (Å²) in [6.07, 6.45) is 11.8. The molecule has 2 aliphatic rings. The molecule has 1 aromatic carbocycles. The van der Waals surface area contributed by atoms with Crippen LogP contribution in [0.3, 0.4) is 0 Å². The van der Waals surface area contributed by atoms with Gasteiger partial charge in [-0.05, 0) is 43.9 Å². The van der Waals surface area contributed by atoms with Gasteiger partial charge in [-0.3, -0.25) is 0 Å². The minimum atomic E-state index is 0.0299. The number of nitrogens with two attached hydrogens (primary N) is 1. The van der Waals surface area contributed by atoms with Crippen LogP contribution < -0.4 is 20.2 Å². The minimum Gasteiger partial charge on any atom is -0.483 e. The van der Waals surface area contributed by atoms with E-state index < -0.39 is 0 Å². The van der Waals surface area contributed by atoms with Gasteiger partial charge in [0.25, 0.3) is 0 Å². The number of pyridine rings is 1. The number of hydrogen-bond donors (Lipinski definition) is 1. The molecule has 1 aliphatic heterocycles. The molecule has 2 unspecified atom stereocenters. The van der Waals surface area contributed by atoms with Crippen LogP contribution in [-0.2, 0) is 0 Å². The highest BCUT2D eigenvalue weighted by molar-refractivity contribution is 5.34. The number of benzene rings is 1. The zero-order chi connectivity index (χ0) is 18.8. The number of aromatic nitrogens is 1. The van der Waals surface area contributed by atoms with Gasteiger partial charge in [0.15, 0.2) is 0 Å². The van der Waals surface area contributed by atoms with E-state index in [0.29, 0.717) is 0 Å². The maximum Gasteiger partial charge on any atom is 0.366 e. The van der Waals surface area contributed by atoms with Crippen molar-refractivity contribution in [3.8, 4) is 5.75 Å². The van der Waals surface area contributed by atoms with E-state index in [2.05, 4.69) is 27.4 Å². The third-order valence-corrected chi connectivity index (χ3v) is 4.94. The summed E-state index contributed by atoms with van der Waals surface area (Å²) in [7, 11) is 0. The second-order valence-corrected chi connectivity index (χ2v) is 6.80. The number of nitrogens with zero attached hydrogens (tertiary/aromatic N) is 3. The molecule has 0 fully saturated rings. The summed E-state index contributed by atoms with van der Waals surface area (Å²) in [5.74, 6) is 1.69. The van der Waals surface area contributed by atoms with Crippen molar-refractivity contribution in [1.82, 2.24) is 4.90 Å². The summed E-state index contributed by atoms with van der Waals surface area (Å²) < 4.78 is 8.41. The van der Waals surface area contributed by atoms with Crippen molar-refractivity contribution in [2.75, 3.05) is 0 Å². The van der Waals surface area contributed by atoms with E-state index in [-0.39, 0.29) is 12.1 Å². The lowest BCUT2D eigenvalue weighted by Crippen LogP contribution is -2.51. The van der Waals surface area contributed by atoms with Crippen LogP contribution in [-0.4, -0.2) is 4.90 Å². The lowest BCUT2D eigenvalue weighted by atomic mass is 9.86. The van der Waals surface area contributed by atoms with Crippen LogP contribution in [0.25, 0.3) is 0 Å². The zero-order valence-corrected chi connectivity index (χ0v) is 15.7. The van der Waals surface area contributed by atoms with E-state index in [1.165, 1.54) is 11.1 Å². The summed E-state index contributed by atoms with van der Waals surface area (Å²) in [6, 6.07) is 12.4. The molecule has 0 saturated carbocycles.